The smallest absolute Gasteiger partial charge is 0.166 e. The summed E-state index contributed by atoms with van der Waals surface area (Å²) in [7, 11) is 3.89. The first-order chi connectivity index (χ1) is 11.3. The number of hydrogen-bond donors (Lipinski definition) is 1. The Morgan fingerprint density at radius 3 is 2.78 bits per heavy atom. The molecule has 2 aliphatic rings. The van der Waals surface area contributed by atoms with Gasteiger partial charge in [0, 0.05) is 44.8 Å². The molecular formula is C18H29N3O2. The molecule has 0 radical (unpaired) electrons. The number of likely N-dealkylation sites (tertiary alicyclic amines) is 1. The van der Waals surface area contributed by atoms with E-state index in [-0.39, 0.29) is 6.10 Å². The van der Waals surface area contributed by atoms with Crippen molar-refractivity contribution in [2.75, 3.05) is 53.4 Å². The Balaban J connectivity index is 1.75. The highest BCUT2D eigenvalue weighted by Crippen LogP contribution is 2.34. The lowest BCUT2D eigenvalue weighted by molar-refractivity contribution is 0.0989. The summed E-state index contributed by atoms with van der Waals surface area (Å²) in [6.07, 6.45) is 2.57. The number of likely N-dealkylation sites (N-methyl/N-ethyl adjacent to an activating group) is 1. The molecule has 0 amide bonds. The Morgan fingerprint density at radius 1 is 1.22 bits per heavy atom. The predicted octanol–water partition coefficient (Wildman–Crippen LogP) is 1.57. The molecule has 0 aromatic heterocycles. The van der Waals surface area contributed by atoms with Gasteiger partial charge < -0.3 is 19.7 Å². The second-order valence-corrected chi connectivity index (χ2v) is 6.62. The molecule has 1 N–H and O–H groups in total. The minimum atomic E-state index is 0.256. The van der Waals surface area contributed by atoms with Gasteiger partial charge in [0.05, 0.1) is 7.11 Å². The number of ether oxygens (including phenoxy) is 2. The maximum absolute atomic E-state index is 6.41. The fourth-order valence-corrected chi connectivity index (χ4v) is 3.47. The van der Waals surface area contributed by atoms with Crippen molar-refractivity contribution >= 4 is 0 Å². The van der Waals surface area contributed by atoms with Crippen LogP contribution in [0.25, 0.3) is 0 Å². The molecule has 128 valence electrons. The van der Waals surface area contributed by atoms with E-state index in [1.165, 1.54) is 18.5 Å². The lowest BCUT2D eigenvalue weighted by Gasteiger charge is -2.32. The number of rotatable bonds is 5. The van der Waals surface area contributed by atoms with E-state index in [1.807, 2.05) is 6.07 Å². The van der Waals surface area contributed by atoms with Gasteiger partial charge in [-0.3, -0.25) is 4.90 Å². The van der Waals surface area contributed by atoms with Gasteiger partial charge in [-0.15, -0.1) is 0 Å². The summed E-state index contributed by atoms with van der Waals surface area (Å²) >= 11 is 0. The zero-order chi connectivity index (χ0) is 16.1. The number of para-hydroxylation sites is 1. The summed E-state index contributed by atoms with van der Waals surface area (Å²) in [4.78, 5) is 4.82. The first kappa shape index (κ1) is 16.6. The Bertz CT molecular complexity index is 503. The summed E-state index contributed by atoms with van der Waals surface area (Å²) in [6, 6.07) is 6.24. The van der Waals surface area contributed by atoms with Crippen LogP contribution in [0.1, 0.15) is 18.4 Å². The van der Waals surface area contributed by atoms with Crippen LogP contribution in [0.3, 0.4) is 0 Å². The van der Waals surface area contributed by atoms with Crippen LogP contribution in [0.15, 0.2) is 18.2 Å². The van der Waals surface area contributed by atoms with Gasteiger partial charge in [-0.1, -0.05) is 12.1 Å². The summed E-state index contributed by atoms with van der Waals surface area (Å²) in [5.74, 6) is 1.79. The Morgan fingerprint density at radius 2 is 2.04 bits per heavy atom. The fraction of sp³-hybridized carbons (Fsp3) is 0.667. The largest absolute Gasteiger partial charge is 0.493 e. The van der Waals surface area contributed by atoms with Crippen molar-refractivity contribution in [3.8, 4) is 11.5 Å². The van der Waals surface area contributed by atoms with Gasteiger partial charge >= 0.3 is 0 Å². The van der Waals surface area contributed by atoms with Crippen molar-refractivity contribution in [2.45, 2.75) is 25.5 Å². The monoisotopic (exact) mass is 319 g/mol. The summed E-state index contributed by atoms with van der Waals surface area (Å²) in [6.45, 7) is 7.38. The van der Waals surface area contributed by atoms with E-state index in [9.17, 15) is 0 Å². The average molecular weight is 319 g/mol. The van der Waals surface area contributed by atoms with E-state index in [0.29, 0.717) is 0 Å². The zero-order valence-corrected chi connectivity index (χ0v) is 14.4. The quantitative estimate of drug-likeness (QED) is 0.892. The third-order valence-corrected chi connectivity index (χ3v) is 4.75. The van der Waals surface area contributed by atoms with Gasteiger partial charge in [-0.25, -0.2) is 0 Å². The average Bonchev–Trinajstić information content (AvgIpc) is 2.57. The minimum Gasteiger partial charge on any atom is -0.493 e. The van der Waals surface area contributed by atoms with Crippen LogP contribution in [0.2, 0.25) is 0 Å². The Hall–Kier alpha value is -1.30. The molecule has 2 saturated heterocycles. The molecule has 0 saturated carbocycles. The van der Waals surface area contributed by atoms with Crippen molar-refractivity contribution in [3.05, 3.63) is 23.8 Å². The predicted molar refractivity (Wildman–Crippen MR) is 92.3 cm³/mol. The molecule has 0 aliphatic carbocycles. The van der Waals surface area contributed by atoms with Crippen molar-refractivity contribution in [1.82, 2.24) is 15.1 Å². The Labute approximate surface area is 139 Å². The third kappa shape index (κ3) is 4.37. The number of nitrogens with one attached hydrogen (secondary N) is 1. The van der Waals surface area contributed by atoms with Gasteiger partial charge in [-0.05, 0) is 32.5 Å². The van der Waals surface area contributed by atoms with Crippen molar-refractivity contribution in [2.24, 2.45) is 0 Å². The molecule has 1 unspecified atom stereocenters. The maximum Gasteiger partial charge on any atom is 0.166 e. The highest BCUT2D eigenvalue weighted by atomic mass is 16.5. The SMILES string of the molecule is COc1cccc(CN2CCNCC2)c1OC1CCCN(C)C1. The van der Waals surface area contributed by atoms with Gasteiger partial charge in [-0.2, -0.15) is 0 Å². The summed E-state index contributed by atoms with van der Waals surface area (Å²) < 4.78 is 12.0. The van der Waals surface area contributed by atoms with Crippen LogP contribution in [-0.4, -0.2) is 69.3 Å². The molecule has 1 atom stereocenters. The maximum atomic E-state index is 6.41. The van der Waals surface area contributed by atoms with Crippen LogP contribution in [0.4, 0.5) is 0 Å². The molecule has 2 fully saturated rings. The first-order valence-electron chi connectivity index (χ1n) is 8.70. The fourth-order valence-electron chi connectivity index (χ4n) is 3.47. The third-order valence-electron chi connectivity index (χ3n) is 4.75. The number of methoxy groups -OCH3 is 1. The molecule has 2 heterocycles. The molecule has 3 rings (SSSR count). The van der Waals surface area contributed by atoms with Crippen LogP contribution < -0.4 is 14.8 Å². The van der Waals surface area contributed by atoms with E-state index >= 15 is 0 Å². The molecule has 2 aliphatic heterocycles. The number of hydrogen-bond acceptors (Lipinski definition) is 5. The topological polar surface area (TPSA) is 37.0 Å². The van der Waals surface area contributed by atoms with E-state index < -0.39 is 0 Å². The first-order valence-corrected chi connectivity index (χ1v) is 8.70. The lowest BCUT2D eigenvalue weighted by Crippen LogP contribution is -2.43. The highest BCUT2D eigenvalue weighted by molar-refractivity contribution is 5.46. The van der Waals surface area contributed by atoms with Crippen LogP contribution in [0.5, 0.6) is 11.5 Å². The van der Waals surface area contributed by atoms with Gasteiger partial charge in [0.15, 0.2) is 11.5 Å². The van der Waals surface area contributed by atoms with Gasteiger partial charge in [0.2, 0.25) is 0 Å². The zero-order valence-electron chi connectivity index (χ0n) is 14.4. The number of piperazine rings is 1. The number of piperidine rings is 1. The lowest BCUT2D eigenvalue weighted by atomic mass is 10.1. The molecular weight excluding hydrogens is 290 g/mol. The van der Waals surface area contributed by atoms with Crippen LogP contribution >= 0.6 is 0 Å². The second kappa shape index (κ2) is 7.99. The molecule has 23 heavy (non-hydrogen) atoms. The van der Waals surface area contributed by atoms with E-state index in [4.69, 9.17) is 9.47 Å². The molecule has 0 bridgehead atoms. The van der Waals surface area contributed by atoms with Crippen molar-refractivity contribution in [3.63, 3.8) is 0 Å². The highest BCUT2D eigenvalue weighted by Gasteiger charge is 2.22. The standard InChI is InChI=1S/C18H29N3O2/c1-20-10-4-6-16(14-20)23-18-15(5-3-7-17(18)22-2)13-21-11-8-19-9-12-21/h3,5,7,16,19H,4,6,8-14H2,1-2H3. The Kier molecular flexibility index (Phi) is 5.75. The summed E-state index contributed by atoms with van der Waals surface area (Å²) in [5.41, 5.74) is 1.24. The minimum absolute atomic E-state index is 0.256. The van der Waals surface area contributed by atoms with E-state index in [2.05, 4.69) is 34.3 Å². The van der Waals surface area contributed by atoms with Gasteiger partial charge in [0.1, 0.15) is 6.10 Å². The molecule has 5 heteroatoms. The van der Waals surface area contributed by atoms with Gasteiger partial charge in [0.25, 0.3) is 0 Å². The normalized spacial score (nSPS) is 23.7. The molecule has 0 spiro atoms. The second-order valence-electron chi connectivity index (χ2n) is 6.62. The molecule has 1 aromatic rings. The van der Waals surface area contributed by atoms with E-state index in [1.54, 1.807) is 7.11 Å². The van der Waals surface area contributed by atoms with Crippen LogP contribution in [0, 0.1) is 0 Å². The van der Waals surface area contributed by atoms with Crippen LogP contribution in [-0.2, 0) is 6.54 Å². The van der Waals surface area contributed by atoms with E-state index in [0.717, 1.165) is 57.2 Å². The number of nitrogens with zero attached hydrogens (tertiary/aromatic N) is 2. The van der Waals surface area contributed by atoms with Crippen molar-refractivity contribution < 1.29 is 9.47 Å². The summed E-state index contributed by atoms with van der Waals surface area (Å²) in [5, 5.41) is 3.41. The van der Waals surface area contributed by atoms with Crippen molar-refractivity contribution in [1.29, 1.82) is 0 Å². The number of benzene rings is 1. The molecule has 5 nitrogen and oxygen atoms in total. The molecule has 1 aromatic carbocycles.